The molecule has 0 radical (unpaired) electrons. The number of hydrogen-bond acceptors (Lipinski definition) is 5. The average molecular weight is 358 g/mol. The Morgan fingerprint density at radius 2 is 1.88 bits per heavy atom. The van der Waals surface area contributed by atoms with Crippen LogP contribution in [0.5, 0.6) is 0 Å². The zero-order chi connectivity index (χ0) is 19.2. The van der Waals surface area contributed by atoms with Gasteiger partial charge in [-0.2, -0.15) is 18.4 Å². The molecule has 0 amide bonds. The maximum atomic E-state index is 12.7. The molecule has 1 aromatic carbocycles. The van der Waals surface area contributed by atoms with Crippen molar-refractivity contribution in [3.63, 3.8) is 0 Å². The van der Waals surface area contributed by atoms with Crippen molar-refractivity contribution < 1.29 is 18.1 Å². The summed E-state index contributed by atoms with van der Waals surface area (Å²) < 4.78 is 38.2. The summed E-state index contributed by atoms with van der Waals surface area (Å²) in [5, 5.41) is 22.9. The standard InChI is InChI=1S/C14H15F3N4O2.C2H6/c1-19-11-7-12(9(8-18)6-13(11)21(22)23)20-4-2-10(3-5-20)14(15,16)17;1-2/h6-7,10,19H,2-5H2,1H3;1-2H3. The van der Waals surface area contributed by atoms with Crippen LogP contribution in [-0.2, 0) is 0 Å². The van der Waals surface area contributed by atoms with Gasteiger partial charge in [0.05, 0.1) is 22.1 Å². The Bertz CT molecular complexity index is 648. The van der Waals surface area contributed by atoms with Gasteiger partial charge >= 0.3 is 6.18 Å². The van der Waals surface area contributed by atoms with E-state index >= 15 is 0 Å². The molecule has 0 spiro atoms. The summed E-state index contributed by atoms with van der Waals surface area (Å²) in [7, 11) is 1.51. The second kappa shape index (κ2) is 8.55. The van der Waals surface area contributed by atoms with Crippen molar-refractivity contribution in [3.8, 4) is 6.07 Å². The van der Waals surface area contributed by atoms with Gasteiger partial charge in [-0.3, -0.25) is 10.1 Å². The molecule has 1 fully saturated rings. The van der Waals surface area contributed by atoms with Crippen LogP contribution in [0.25, 0.3) is 0 Å². The Hall–Kier alpha value is -2.50. The van der Waals surface area contributed by atoms with Crippen molar-refractivity contribution in [3.05, 3.63) is 27.8 Å². The number of hydrogen-bond donors (Lipinski definition) is 1. The summed E-state index contributed by atoms with van der Waals surface area (Å²) >= 11 is 0. The summed E-state index contributed by atoms with van der Waals surface area (Å²) in [6.45, 7) is 4.31. The number of alkyl halides is 3. The molecule has 0 unspecified atom stereocenters. The normalized spacial score (nSPS) is 15.0. The molecule has 0 atom stereocenters. The van der Waals surface area contributed by atoms with Crippen LogP contribution in [0.3, 0.4) is 0 Å². The van der Waals surface area contributed by atoms with E-state index in [1.807, 2.05) is 19.9 Å². The predicted octanol–water partition coefficient (Wildman–Crippen LogP) is 4.31. The third-order valence-corrected chi connectivity index (χ3v) is 4.00. The Morgan fingerprint density at radius 1 is 1.32 bits per heavy atom. The molecule has 6 nitrogen and oxygen atoms in total. The number of nitrogens with one attached hydrogen (secondary N) is 1. The highest BCUT2D eigenvalue weighted by molar-refractivity contribution is 5.74. The molecule has 1 heterocycles. The fourth-order valence-corrected chi connectivity index (χ4v) is 2.73. The van der Waals surface area contributed by atoms with Crippen molar-refractivity contribution in [2.45, 2.75) is 32.9 Å². The number of rotatable bonds is 3. The average Bonchev–Trinajstić information content (AvgIpc) is 2.61. The first kappa shape index (κ1) is 20.5. The van der Waals surface area contributed by atoms with E-state index in [1.54, 1.807) is 4.90 Å². The summed E-state index contributed by atoms with van der Waals surface area (Å²) in [5.41, 5.74) is 0.490. The van der Waals surface area contributed by atoms with Crippen LogP contribution in [0.1, 0.15) is 32.3 Å². The van der Waals surface area contributed by atoms with Gasteiger partial charge in [0.15, 0.2) is 0 Å². The first-order chi connectivity index (χ1) is 11.8. The van der Waals surface area contributed by atoms with E-state index in [2.05, 4.69) is 5.32 Å². The van der Waals surface area contributed by atoms with E-state index in [0.717, 1.165) is 6.07 Å². The molecule has 9 heteroatoms. The van der Waals surface area contributed by atoms with Crippen LogP contribution in [0.15, 0.2) is 12.1 Å². The molecule has 1 saturated heterocycles. The van der Waals surface area contributed by atoms with Crippen LogP contribution in [0.2, 0.25) is 0 Å². The van der Waals surface area contributed by atoms with Crippen LogP contribution in [-0.4, -0.2) is 31.2 Å². The van der Waals surface area contributed by atoms with Gasteiger partial charge in [0, 0.05) is 26.2 Å². The Labute approximate surface area is 144 Å². The summed E-state index contributed by atoms with van der Waals surface area (Å²) in [5.74, 6) is -1.34. The second-order valence-corrected chi connectivity index (χ2v) is 5.31. The lowest BCUT2D eigenvalue weighted by Gasteiger charge is -2.35. The number of benzene rings is 1. The van der Waals surface area contributed by atoms with Crippen LogP contribution >= 0.6 is 0 Å². The van der Waals surface area contributed by atoms with Gasteiger partial charge in [0.25, 0.3) is 5.69 Å². The van der Waals surface area contributed by atoms with Crippen LogP contribution in [0.4, 0.5) is 30.2 Å². The zero-order valence-corrected chi connectivity index (χ0v) is 14.4. The van der Waals surface area contributed by atoms with Crippen LogP contribution in [0, 0.1) is 27.4 Å². The van der Waals surface area contributed by atoms with E-state index in [4.69, 9.17) is 0 Å². The molecule has 0 aromatic heterocycles. The van der Waals surface area contributed by atoms with Crippen molar-refractivity contribution in [1.29, 1.82) is 5.26 Å². The fraction of sp³-hybridized carbons (Fsp3) is 0.562. The molecule has 25 heavy (non-hydrogen) atoms. The van der Waals surface area contributed by atoms with Gasteiger partial charge in [-0.15, -0.1) is 0 Å². The van der Waals surface area contributed by atoms with E-state index in [9.17, 15) is 28.5 Å². The number of nitro groups is 1. The molecular weight excluding hydrogens is 337 g/mol. The van der Waals surface area contributed by atoms with Crippen LogP contribution < -0.4 is 10.2 Å². The summed E-state index contributed by atoms with van der Waals surface area (Å²) in [6, 6.07) is 4.48. The molecule has 2 rings (SSSR count). The number of piperidine rings is 1. The number of nitriles is 1. The van der Waals surface area contributed by atoms with Crippen molar-refractivity contribution >= 4 is 17.1 Å². The lowest BCUT2D eigenvalue weighted by Crippen LogP contribution is -2.39. The highest BCUT2D eigenvalue weighted by Crippen LogP contribution is 2.38. The highest BCUT2D eigenvalue weighted by atomic mass is 19.4. The first-order valence-electron chi connectivity index (χ1n) is 8.00. The Balaban J connectivity index is 0.00000151. The van der Waals surface area contributed by atoms with Crippen molar-refractivity contribution in [2.24, 2.45) is 5.92 Å². The summed E-state index contributed by atoms with van der Waals surface area (Å²) in [6.07, 6.45) is -4.32. The first-order valence-corrected chi connectivity index (χ1v) is 8.00. The lowest BCUT2D eigenvalue weighted by atomic mass is 9.95. The van der Waals surface area contributed by atoms with Gasteiger partial charge in [-0.1, -0.05) is 13.8 Å². The van der Waals surface area contributed by atoms with Crippen molar-refractivity contribution in [2.75, 3.05) is 30.4 Å². The Morgan fingerprint density at radius 3 is 2.28 bits per heavy atom. The fourth-order valence-electron chi connectivity index (χ4n) is 2.73. The Kier molecular flexibility index (Phi) is 7.03. The number of nitro benzene ring substituents is 1. The molecule has 138 valence electrons. The number of halogens is 3. The molecule has 0 bridgehead atoms. The second-order valence-electron chi connectivity index (χ2n) is 5.31. The molecule has 1 aromatic rings. The molecule has 0 saturated carbocycles. The molecule has 0 aliphatic carbocycles. The zero-order valence-electron chi connectivity index (χ0n) is 14.4. The van der Waals surface area contributed by atoms with E-state index in [1.165, 1.54) is 13.1 Å². The smallest absolute Gasteiger partial charge is 0.383 e. The maximum Gasteiger partial charge on any atom is 0.391 e. The minimum atomic E-state index is -4.21. The highest BCUT2D eigenvalue weighted by Gasteiger charge is 2.41. The topological polar surface area (TPSA) is 82.2 Å². The largest absolute Gasteiger partial charge is 0.391 e. The van der Waals surface area contributed by atoms with E-state index < -0.39 is 17.0 Å². The van der Waals surface area contributed by atoms with Gasteiger partial charge in [0.1, 0.15) is 11.8 Å². The third-order valence-electron chi connectivity index (χ3n) is 4.00. The molecule has 1 aliphatic rings. The molecular formula is C16H21F3N4O2. The predicted molar refractivity (Wildman–Crippen MR) is 89.7 cm³/mol. The monoisotopic (exact) mass is 358 g/mol. The lowest BCUT2D eigenvalue weighted by molar-refractivity contribution is -0.383. The number of nitrogens with zero attached hydrogens (tertiary/aromatic N) is 3. The minimum Gasteiger partial charge on any atom is -0.383 e. The quantitative estimate of drug-likeness (QED) is 0.643. The van der Waals surface area contributed by atoms with Crippen molar-refractivity contribution in [1.82, 2.24) is 0 Å². The van der Waals surface area contributed by atoms with Gasteiger partial charge < -0.3 is 10.2 Å². The maximum absolute atomic E-state index is 12.7. The van der Waals surface area contributed by atoms with E-state index in [-0.39, 0.29) is 42.9 Å². The van der Waals surface area contributed by atoms with E-state index in [0.29, 0.717) is 5.69 Å². The van der Waals surface area contributed by atoms with Gasteiger partial charge in [-0.05, 0) is 18.9 Å². The van der Waals surface area contributed by atoms with Gasteiger partial charge in [-0.25, -0.2) is 0 Å². The van der Waals surface area contributed by atoms with Gasteiger partial charge in [0.2, 0.25) is 0 Å². The molecule has 1 N–H and O–H groups in total. The number of anilines is 2. The minimum absolute atomic E-state index is 0.0553. The summed E-state index contributed by atoms with van der Waals surface area (Å²) in [4.78, 5) is 12.1. The molecule has 1 aliphatic heterocycles. The SMILES string of the molecule is CC.CNc1cc(N2CCC(C(F)(F)F)CC2)c(C#N)cc1[N+](=O)[O-]. The third kappa shape index (κ3) is 4.75.